The third-order valence-corrected chi connectivity index (χ3v) is 4.77. The second-order valence-electron chi connectivity index (χ2n) is 6.49. The second-order valence-corrected chi connectivity index (χ2v) is 6.49. The Morgan fingerprint density at radius 2 is 1.89 bits per heavy atom. The molecule has 3 heteroatoms. The summed E-state index contributed by atoms with van der Waals surface area (Å²) >= 11 is 0. The summed E-state index contributed by atoms with van der Waals surface area (Å²) in [5.41, 5.74) is 5.98. The van der Waals surface area contributed by atoms with E-state index in [2.05, 4.69) is 12.2 Å². The molecule has 0 aromatic rings. The van der Waals surface area contributed by atoms with Crippen molar-refractivity contribution < 1.29 is 4.79 Å². The molecule has 104 valence electrons. The minimum atomic E-state index is 0.276. The number of amides is 1. The van der Waals surface area contributed by atoms with E-state index < -0.39 is 0 Å². The van der Waals surface area contributed by atoms with E-state index in [9.17, 15) is 4.79 Å². The third kappa shape index (κ3) is 3.98. The molecule has 2 atom stereocenters. The van der Waals surface area contributed by atoms with Gasteiger partial charge in [0.05, 0.1) is 0 Å². The summed E-state index contributed by atoms with van der Waals surface area (Å²) < 4.78 is 0. The maximum absolute atomic E-state index is 12.1. The summed E-state index contributed by atoms with van der Waals surface area (Å²) in [6.07, 6.45) is 9.29. The lowest BCUT2D eigenvalue weighted by molar-refractivity contribution is -0.126. The van der Waals surface area contributed by atoms with Gasteiger partial charge in [0.25, 0.3) is 0 Å². The zero-order chi connectivity index (χ0) is 13.0. The first-order chi connectivity index (χ1) is 8.65. The van der Waals surface area contributed by atoms with Gasteiger partial charge in [-0.25, -0.2) is 0 Å². The molecular weight excluding hydrogens is 224 g/mol. The Labute approximate surface area is 111 Å². The van der Waals surface area contributed by atoms with E-state index >= 15 is 0 Å². The van der Waals surface area contributed by atoms with Crippen molar-refractivity contribution in [3.63, 3.8) is 0 Å². The lowest BCUT2D eigenvalue weighted by Gasteiger charge is -2.29. The smallest absolute Gasteiger partial charge is 0.223 e. The zero-order valence-electron chi connectivity index (χ0n) is 11.7. The summed E-state index contributed by atoms with van der Waals surface area (Å²) in [7, 11) is 0. The Morgan fingerprint density at radius 3 is 2.56 bits per heavy atom. The van der Waals surface area contributed by atoms with Crippen LogP contribution in [0.2, 0.25) is 0 Å². The Bertz CT molecular complexity index is 272. The van der Waals surface area contributed by atoms with Gasteiger partial charge in [-0.2, -0.15) is 0 Å². The normalized spacial score (nSPS) is 37.2. The van der Waals surface area contributed by atoms with Crippen LogP contribution >= 0.6 is 0 Å². The minimum Gasteiger partial charge on any atom is -0.356 e. The standard InChI is InChI=1S/C15H28N2O/c1-11-5-7-13(8-6-11)15(18)17-10-12-3-2-4-14(16)9-12/h11-14H,2-10,16H2,1H3,(H,17,18). The largest absolute Gasteiger partial charge is 0.356 e. The van der Waals surface area contributed by atoms with Gasteiger partial charge in [0.2, 0.25) is 5.91 Å². The van der Waals surface area contributed by atoms with Gasteiger partial charge in [-0.3, -0.25) is 4.79 Å². The van der Waals surface area contributed by atoms with Crippen LogP contribution in [0, 0.1) is 17.8 Å². The van der Waals surface area contributed by atoms with E-state index in [1.165, 1.54) is 25.7 Å². The highest BCUT2D eigenvalue weighted by molar-refractivity contribution is 5.78. The molecule has 2 rings (SSSR count). The van der Waals surface area contributed by atoms with Gasteiger partial charge in [0, 0.05) is 18.5 Å². The fourth-order valence-electron chi connectivity index (χ4n) is 3.43. The van der Waals surface area contributed by atoms with E-state index in [1.807, 2.05) is 0 Å². The van der Waals surface area contributed by atoms with Gasteiger partial charge in [-0.05, 0) is 56.8 Å². The summed E-state index contributed by atoms with van der Waals surface area (Å²) in [4.78, 5) is 12.1. The molecule has 3 nitrogen and oxygen atoms in total. The van der Waals surface area contributed by atoms with Gasteiger partial charge in [-0.15, -0.1) is 0 Å². The average molecular weight is 252 g/mol. The molecule has 2 aliphatic rings. The van der Waals surface area contributed by atoms with Crippen LogP contribution < -0.4 is 11.1 Å². The third-order valence-electron chi connectivity index (χ3n) is 4.77. The predicted octanol–water partition coefficient (Wildman–Crippen LogP) is 2.45. The summed E-state index contributed by atoms with van der Waals surface area (Å²) in [5, 5.41) is 3.16. The van der Waals surface area contributed by atoms with E-state index in [-0.39, 0.29) is 5.92 Å². The van der Waals surface area contributed by atoms with Crippen LogP contribution in [0.5, 0.6) is 0 Å². The number of nitrogens with two attached hydrogens (primary N) is 1. The Kier molecular flexibility index (Phi) is 5.04. The number of nitrogens with one attached hydrogen (secondary N) is 1. The van der Waals surface area contributed by atoms with Crippen molar-refractivity contribution >= 4 is 5.91 Å². The maximum Gasteiger partial charge on any atom is 0.223 e. The summed E-state index contributed by atoms with van der Waals surface area (Å²) in [6, 6.07) is 0.358. The van der Waals surface area contributed by atoms with Crippen molar-refractivity contribution in [2.45, 2.75) is 64.3 Å². The zero-order valence-corrected chi connectivity index (χ0v) is 11.7. The summed E-state index contributed by atoms with van der Waals surface area (Å²) in [5.74, 6) is 1.99. The van der Waals surface area contributed by atoms with Crippen molar-refractivity contribution in [3.05, 3.63) is 0 Å². The molecule has 0 aliphatic heterocycles. The number of hydrogen-bond donors (Lipinski definition) is 2. The first-order valence-electron chi connectivity index (χ1n) is 7.68. The Balaban J connectivity index is 1.68. The molecule has 18 heavy (non-hydrogen) atoms. The van der Waals surface area contributed by atoms with E-state index in [0.717, 1.165) is 38.1 Å². The lowest BCUT2D eigenvalue weighted by Crippen LogP contribution is -2.39. The van der Waals surface area contributed by atoms with Crippen molar-refractivity contribution in [2.75, 3.05) is 6.54 Å². The van der Waals surface area contributed by atoms with Crippen LogP contribution in [0.1, 0.15) is 58.3 Å². The molecule has 0 bridgehead atoms. The number of carbonyl (C=O) groups excluding carboxylic acids is 1. The molecular formula is C15H28N2O. The monoisotopic (exact) mass is 252 g/mol. The summed E-state index contributed by atoms with van der Waals surface area (Å²) in [6.45, 7) is 3.14. The first kappa shape index (κ1) is 13.9. The molecule has 2 unspecified atom stereocenters. The van der Waals surface area contributed by atoms with Crippen LogP contribution in [0.15, 0.2) is 0 Å². The highest BCUT2D eigenvalue weighted by Gasteiger charge is 2.25. The molecule has 0 aromatic carbocycles. The number of carbonyl (C=O) groups is 1. The molecule has 0 radical (unpaired) electrons. The van der Waals surface area contributed by atoms with Crippen molar-refractivity contribution in [2.24, 2.45) is 23.5 Å². The van der Waals surface area contributed by atoms with Crippen LogP contribution in [0.25, 0.3) is 0 Å². The van der Waals surface area contributed by atoms with E-state index in [4.69, 9.17) is 5.73 Å². The molecule has 2 fully saturated rings. The van der Waals surface area contributed by atoms with Crippen LogP contribution in [0.4, 0.5) is 0 Å². The van der Waals surface area contributed by atoms with Crippen molar-refractivity contribution in [1.82, 2.24) is 5.32 Å². The maximum atomic E-state index is 12.1. The molecule has 0 saturated heterocycles. The van der Waals surface area contributed by atoms with Crippen LogP contribution in [0.3, 0.4) is 0 Å². The van der Waals surface area contributed by atoms with E-state index in [0.29, 0.717) is 17.9 Å². The lowest BCUT2D eigenvalue weighted by atomic mass is 9.82. The molecule has 3 N–H and O–H groups in total. The highest BCUT2D eigenvalue weighted by atomic mass is 16.1. The van der Waals surface area contributed by atoms with Gasteiger partial charge < -0.3 is 11.1 Å². The van der Waals surface area contributed by atoms with Gasteiger partial charge in [0.15, 0.2) is 0 Å². The quantitative estimate of drug-likeness (QED) is 0.810. The topological polar surface area (TPSA) is 55.1 Å². The Morgan fingerprint density at radius 1 is 1.17 bits per heavy atom. The predicted molar refractivity (Wildman–Crippen MR) is 74.1 cm³/mol. The van der Waals surface area contributed by atoms with Crippen LogP contribution in [-0.4, -0.2) is 18.5 Å². The van der Waals surface area contributed by atoms with Crippen molar-refractivity contribution in [3.8, 4) is 0 Å². The van der Waals surface area contributed by atoms with E-state index in [1.54, 1.807) is 0 Å². The molecule has 2 saturated carbocycles. The fraction of sp³-hybridized carbons (Fsp3) is 0.933. The SMILES string of the molecule is CC1CCC(C(=O)NCC2CCCC(N)C2)CC1. The number of rotatable bonds is 3. The first-order valence-corrected chi connectivity index (χ1v) is 7.68. The minimum absolute atomic E-state index is 0.276. The fourth-order valence-corrected chi connectivity index (χ4v) is 3.43. The van der Waals surface area contributed by atoms with Crippen molar-refractivity contribution in [1.29, 1.82) is 0 Å². The van der Waals surface area contributed by atoms with Gasteiger partial charge in [0.1, 0.15) is 0 Å². The van der Waals surface area contributed by atoms with Gasteiger partial charge in [-0.1, -0.05) is 13.3 Å². The van der Waals surface area contributed by atoms with Gasteiger partial charge >= 0.3 is 0 Å². The second kappa shape index (κ2) is 6.55. The molecule has 0 spiro atoms. The highest BCUT2D eigenvalue weighted by Crippen LogP contribution is 2.28. The molecule has 0 aromatic heterocycles. The molecule has 2 aliphatic carbocycles. The van der Waals surface area contributed by atoms with Crippen LogP contribution in [-0.2, 0) is 4.79 Å². The Hall–Kier alpha value is -0.570. The molecule has 0 heterocycles. The average Bonchev–Trinajstić information content (AvgIpc) is 2.37. The molecule has 1 amide bonds. The number of hydrogen-bond acceptors (Lipinski definition) is 2.